The van der Waals surface area contributed by atoms with Crippen molar-refractivity contribution in [3.8, 4) is 11.1 Å². The van der Waals surface area contributed by atoms with Crippen LogP contribution in [0.25, 0.3) is 21.3 Å². The van der Waals surface area contributed by atoms with Crippen LogP contribution in [-0.4, -0.2) is 9.97 Å². The predicted molar refractivity (Wildman–Crippen MR) is 119 cm³/mol. The third kappa shape index (κ3) is 3.18. The summed E-state index contributed by atoms with van der Waals surface area (Å²) in [5, 5.41) is 6.84. The molecule has 2 aromatic heterocycles. The largest absolute Gasteiger partial charge is 0.340 e. The van der Waals surface area contributed by atoms with Crippen LogP contribution in [0.2, 0.25) is 0 Å². The van der Waals surface area contributed by atoms with E-state index in [9.17, 15) is 0 Å². The van der Waals surface area contributed by atoms with E-state index in [0.717, 1.165) is 28.1 Å². The first-order chi connectivity index (χ1) is 13.8. The molecule has 0 fully saturated rings. The maximum Gasteiger partial charge on any atom is 0.143 e. The van der Waals surface area contributed by atoms with E-state index < -0.39 is 0 Å². The Morgan fingerprint density at radius 1 is 0.964 bits per heavy atom. The van der Waals surface area contributed by atoms with Gasteiger partial charge < -0.3 is 5.32 Å². The Bertz CT molecular complexity index is 1130. The predicted octanol–water partition coefficient (Wildman–Crippen LogP) is 6.54. The van der Waals surface area contributed by atoms with E-state index in [1.54, 1.807) is 17.7 Å². The van der Waals surface area contributed by atoms with Gasteiger partial charge >= 0.3 is 0 Å². The number of aryl methyl sites for hydroxylation is 3. The Kier molecular flexibility index (Phi) is 4.57. The SMILES string of the molecule is CCc1ccc(Nc2ncnc3scc(-c4ccc5c(c4)CCCC5)c23)cc1. The number of anilines is 2. The molecule has 0 radical (unpaired) electrons. The topological polar surface area (TPSA) is 37.8 Å². The van der Waals surface area contributed by atoms with Crippen molar-refractivity contribution < 1.29 is 0 Å². The van der Waals surface area contributed by atoms with E-state index in [-0.39, 0.29) is 0 Å². The number of hydrogen-bond donors (Lipinski definition) is 1. The van der Waals surface area contributed by atoms with E-state index in [0.29, 0.717) is 0 Å². The average Bonchev–Trinajstić information content (AvgIpc) is 3.19. The van der Waals surface area contributed by atoms with E-state index in [1.807, 2.05) is 0 Å². The zero-order valence-corrected chi connectivity index (χ0v) is 16.9. The average molecular weight is 386 g/mol. The zero-order chi connectivity index (χ0) is 18.9. The van der Waals surface area contributed by atoms with E-state index in [1.165, 1.54) is 53.5 Å². The Hall–Kier alpha value is -2.72. The van der Waals surface area contributed by atoms with Crippen LogP contribution in [0.4, 0.5) is 11.5 Å². The molecular weight excluding hydrogens is 362 g/mol. The van der Waals surface area contributed by atoms with Crippen LogP contribution in [0.1, 0.15) is 36.5 Å². The van der Waals surface area contributed by atoms with Gasteiger partial charge in [-0.1, -0.05) is 37.3 Å². The third-order valence-electron chi connectivity index (χ3n) is 5.65. The van der Waals surface area contributed by atoms with Crippen molar-refractivity contribution in [1.29, 1.82) is 0 Å². The van der Waals surface area contributed by atoms with Gasteiger partial charge in [0.25, 0.3) is 0 Å². The molecule has 2 heterocycles. The molecule has 0 aliphatic heterocycles. The lowest BCUT2D eigenvalue weighted by Crippen LogP contribution is -2.02. The second-order valence-electron chi connectivity index (χ2n) is 7.42. The molecule has 0 spiro atoms. The highest BCUT2D eigenvalue weighted by atomic mass is 32.1. The first kappa shape index (κ1) is 17.4. The summed E-state index contributed by atoms with van der Waals surface area (Å²) < 4.78 is 0. The fourth-order valence-electron chi connectivity index (χ4n) is 4.04. The first-order valence-electron chi connectivity index (χ1n) is 10.0. The van der Waals surface area contributed by atoms with E-state index in [4.69, 9.17) is 0 Å². The number of nitrogens with zero attached hydrogens (tertiary/aromatic N) is 2. The van der Waals surface area contributed by atoms with Gasteiger partial charge in [-0.25, -0.2) is 9.97 Å². The maximum atomic E-state index is 4.58. The molecule has 0 saturated heterocycles. The monoisotopic (exact) mass is 385 g/mol. The molecule has 1 aliphatic carbocycles. The number of thiophene rings is 1. The Morgan fingerprint density at radius 2 is 1.79 bits per heavy atom. The third-order valence-corrected chi connectivity index (χ3v) is 6.54. The fourth-order valence-corrected chi connectivity index (χ4v) is 4.96. The van der Waals surface area contributed by atoms with Crippen LogP contribution < -0.4 is 5.32 Å². The van der Waals surface area contributed by atoms with Gasteiger partial charge in [-0.2, -0.15) is 0 Å². The van der Waals surface area contributed by atoms with Crippen LogP contribution >= 0.6 is 11.3 Å². The Labute approximate surface area is 169 Å². The van der Waals surface area contributed by atoms with Crippen LogP contribution in [0.15, 0.2) is 54.2 Å². The van der Waals surface area contributed by atoms with Crippen LogP contribution in [0, 0.1) is 0 Å². The van der Waals surface area contributed by atoms with Gasteiger partial charge in [0.2, 0.25) is 0 Å². The molecule has 0 atom stereocenters. The molecule has 0 bridgehead atoms. The molecule has 3 nitrogen and oxygen atoms in total. The van der Waals surface area contributed by atoms with Crippen molar-refractivity contribution in [2.75, 3.05) is 5.32 Å². The summed E-state index contributed by atoms with van der Waals surface area (Å²) in [5.74, 6) is 0.878. The van der Waals surface area contributed by atoms with Crippen LogP contribution in [0.5, 0.6) is 0 Å². The number of hydrogen-bond acceptors (Lipinski definition) is 4. The minimum absolute atomic E-state index is 0.878. The number of rotatable bonds is 4. The van der Waals surface area contributed by atoms with Crippen molar-refractivity contribution in [1.82, 2.24) is 9.97 Å². The summed E-state index contributed by atoms with van der Waals surface area (Å²) >= 11 is 1.69. The summed E-state index contributed by atoms with van der Waals surface area (Å²) in [4.78, 5) is 10.1. The second-order valence-corrected chi connectivity index (χ2v) is 8.28. The number of benzene rings is 2. The summed E-state index contributed by atoms with van der Waals surface area (Å²) in [6.45, 7) is 2.17. The van der Waals surface area contributed by atoms with Crippen molar-refractivity contribution >= 4 is 33.1 Å². The lowest BCUT2D eigenvalue weighted by atomic mass is 9.89. The van der Waals surface area contributed by atoms with Crippen molar-refractivity contribution in [2.24, 2.45) is 0 Å². The van der Waals surface area contributed by atoms with Crippen molar-refractivity contribution in [3.05, 3.63) is 70.9 Å². The molecule has 0 unspecified atom stereocenters. The molecule has 1 aliphatic rings. The normalized spacial score (nSPS) is 13.5. The molecule has 140 valence electrons. The number of aromatic nitrogens is 2. The number of fused-ring (bicyclic) bond motifs is 2. The first-order valence-corrected chi connectivity index (χ1v) is 10.9. The molecule has 2 aromatic carbocycles. The summed E-state index contributed by atoms with van der Waals surface area (Å²) in [6.07, 6.45) is 7.71. The van der Waals surface area contributed by atoms with Gasteiger partial charge in [0.1, 0.15) is 17.0 Å². The molecule has 4 aromatic rings. The fraction of sp³-hybridized carbons (Fsp3) is 0.250. The minimum atomic E-state index is 0.878. The molecule has 0 amide bonds. The molecular formula is C24H23N3S. The quantitative estimate of drug-likeness (QED) is 0.433. The lowest BCUT2D eigenvalue weighted by molar-refractivity contribution is 0.686. The van der Waals surface area contributed by atoms with E-state index >= 15 is 0 Å². The molecule has 1 N–H and O–H groups in total. The van der Waals surface area contributed by atoms with Gasteiger partial charge in [-0.05, 0) is 66.5 Å². The van der Waals surface area contributed by atoms with Crippen LogP contribution in [0.3, 0.4) is 0 Å². The highest BCUT2D eigenvalue weighted by molar-refractivity contribution is 7.17. The molecule has 0 saturated carbocycles. The molecule has 28 heavy (non-hydrogen) atoms. The van der Waals surface area contributed by atoms with Gasteiger partial charge in [-0.15, -0.1) is 11.3 Å². The van der Waals surface area contributed by atoms with Gasteiger partial charge in [-0.3, -0.25) is 0 Å². The number of nitrogens with one attached hydrogen (secondary N) is 1. The van der Waals surface area contributed by atoms with E-state index in [2.05, 4.69) is 70.1 Å². The molecule has 4 heteroatoms. The minimum Gasteiger partial charge on any atom is -0.340 e. The smallest absolute Gasteiger partial charge is 0.143 e. The van der Waals surface area contributed by atoms with Crippen molar-refractivity contribution in [3.63, 3.8) is 0 Å². The Balaban J connectivity index is 1.57. The van der Waals surface area contributed by atoms with Gasteiger partial charge in [0.15, 0.2) is 0 Å². The zero-order valence-electron chi connectivity index (χ0n) is 16.0. The maximum absolute atomic E-state index is 4.58. The summed E-state index contributed by atoms with van der Waals surface area (Å²) in [5.41, 5.74) is 7.90. The lowest BCUT2D eigenvalue weighted by Gasteiger charge is -2.16. The summed E-state index contributed by atoms with van der Waals surface area (Å²) in [7, 11) is 0. The van der Waals surface area contributed by atoms with Gasteiger partial charge in [0, 0.05) is 16.6 Å². The second kappa shape index (κ2) is 7.36. The highest BCUT2D eigenvalue weighted by Crippen LogP contribution is 2.38. The van der Waals surface area contributed by atoms with Crippen LogP contribution in [-0.2, 0) is 19.3 Å². The standard InChI is InChI=1S/C24H23N3S/c1-2-16-7-11-20(12-8-16)27-23-22-21(14-28-24(22)26-15-25-23)19-10-9-17-5-3-4-6-18(17)13-19/h7-15H,2-6H2,1H3,(H,25,26,27). The van der Waals surface area contributed by atoms with Crippen molar-refractivity contribution in [2.45, 2.75) is 39.0 Å². The highest BCUT2D eigenvalue weighted by Gasteiger charge is 2.16. The summed E-state index contributed by atoms with van der Waals surface area (Å²) in [6, 6.07) is 15.5. The Morgan fingerprint density at radius 3 is 2.61 bits per heavy atom. The van der Waals surface area contributed by atoms with Gasteiger partial charge in [0.05, 0.1) is 5.39 Å². The molecule has 5 rings (SSSR count).